The van der Waals surface area contributed by atoms with Crippen molar-refractivity contribution in [3.05, 3.63) is 70.8 Å². The highest BCUT2D eigenvalue weighted by Crippen LogP contribution is 2.16. The van der Waals surface area contributed by atoms with Crippen LogP contribution in [0.5, 0.6) is 0 Å². The first kappa shape index (κ1) is 15.8. The largest absolute Gasteiger partial charge is 0.309 e. The maximum Gasteiger partial charge on any atom is 0.0208 e. The van der Waals surface area contributed by atoms with Gasteiger partial charge < -0.3 is 5.32 Å². The minimum absolute atomic E-state index is 0.603. The van der Waals surface area contributed by atoms with Crippen molar-refractivity contribution < 1.29 is 0 Å². The second-order valence-electron chi connectivity index (χ2n) is 6.40. The molecule has 0 spiro atoms. The van der Waals surface area contributed by atoms with E-state index in [1.807, 2.05) is 0 Å². The van der Waals surface area contributed by atoms with Crippen molar-refractivity contribution >= 4 is 0 Å². The molecule has 1 N–H and O–H groups in total. The lowest BCUT2D eigenvalue weighted by Crippen LogP contribution is -2.12. The van der Waals surface area contributed by atoms with E-state index >= 15 is 0 Å². The lowest BCUT2D eigenvalue weighted by atomic mass is 10.0. The first-order valence-corrected chi connectivity index (χ1v) is 7.94. The van der Waals surface area contributed by atoms with Crippen LogP contribution in [-0.4, -0.2) is 0 Å². The third kappa shape index (κ3) is 4.71. The second-order valence-corrected chi connectivity index (χ2v) is 6.40. The Kier molecular flexibility index (Phi) is 5.58. The maximum absolute atomic E-state index is 3.52. The highest BCUT2D eigenvalue weighted by Gasteiger charge is 2.00. The van der Waals surface area contributed by atoms with Crippen LogP contribution in [0.4, 0.5) is 0 Å². The Labute approximate surface area is 129 Å². The molecule has 0 unspecified atom stereocenters. The highest BCUT2D eigenvalue weighted by molar-refractivity contribution is 5.26. The molecule has 0 heterocycles. The normalized spacial score (nSPS) is 11.3. The molecule has 1 heteroatoms. The number of hydrogen-bond donors (Lipinski definition) is 1. The van der Waals surface area contributed by atoms with Crippen molar-refractivity contribution in [1.29, 1.82) is 0 Å². The Morgan fingerprint density at radius 2 is 0.952 bits per heavy atom. The fourth-order valence-electron chi connectivity index (χ4n) is 2.39. The van der Waals surface area contributed by atoms with E-state index in [-0.39, 0.29) is 0 Å². The lowest BCUT2D eigenvalue weighted by molar-refractivity contribution is 0.692. The summed E-state index contributed by atoms with van der Waals surface area (Å²) in [7, 11) is 0. The van der Waals surface area contributed by atoms with Crippen molar-refractivity contribution in [2.45, 2.75) is 52.6 Å². The summed E-state index contributed by atoms with van der Waals surface area (Å²) in [6.45, 7) is 10.8. The zero-order valence-corrected chi connectivity index (χ0v) is 13.7. The molecule has 0 aliphatic rings. The average Bonchev–Trinajstić information content (AvgIpc) is 2.48. The van der Waals surface area contributed by atoms with Gasteiger partial charge in [-0.05, 0) is 34.1 Å². The zero-order valence-electron chi connectivity index (χ0n) is 13.7. The van der Waals surface area contributed by atoms with Crippen LogP contribution in [0.1, 0.15) is 61.8 Å². The van der Waals surface area contributed by atoms with Crippen molar-refractivity contribution in [3.8, 4) is 0 Å². The molecule has 0 amide bonds. The van der Waals surface area contributed by atoms with Crippen molar-refractivity contribution in [3.63, 3.8) is 0 Å². The molecule has 0 aromatic heterocycles. The van der Waals surface area contributed by atoms with E-state index in [2.05, 4.69) is 81.5 Å². The van der Waals surface area contributed by atoms with Gasteiger partial charge in [-0.3, -0.25) is 0 Å². The molecular weight excluding hydrogens is 254 g/mol. The number of hydrogen-bond acceptors (Lipinski definition) is 1. The molecule has 0 fully saturated rings. The third-order valence-corrected chi connectivity index (χ3v) is 3.95. The smallest absolute Gasteiger partial charge is 0.0208 e. The number of nitrogens with one attached hydrogen (secondary N) is 1. The summed E-state index contributed by atoms with van der Waals surface area (Å²) < 4.78 is 0. The Morgan fingerprint density at radius 3 is 1.24 bits per heavy atom. The summed E-state index contributed by atoms with van der Waals surface area (Å²) >= 11 is 0. The topological polar surface area (TPSA) is 12.0 Å². The fourth-order valence-corrected chi connectivity index (χ4v) is 2.39. The van der Waals surface area contributed by atoms with Gasteiger partial charge in [0.05, 0.1) is 0 Å². The quantitative estimate of drug-likeness (QED) is 0.765. The van der Waals surface area contributed by atoms with Crippen LogP contribution < -0.4 is 5.32 Å². The fraction of sp³-hybridized carbons (Fsp3) is 0.400. The summed E-state index contributed by atoms with van der Waals surface area (Å²) in [6.07, 6.45) is 0. The van der Waals surface area contributed by atoms with Crippen LogP contribution in [-0.2, 0) is 13.1 Å². The molecule has 21 heavy (non-hydrogen) atoms. The lowest BCUT2D eigenvalue weighted by Gasteiger charge is -2.09. The standard InChI is InChI=1S/C20H27N/c1-15(2)19-9-5-17(6-10-19)13-21-14-18-7-11-20(12-8-18)16(3)4/h5-12,15-16,21H,13-14H2,1-4H3. The molecule has 0 radical (unpaired) electrons. The molecular formula is C20H27N. The molecule has 2 aromatic rings. The van der Waals surface area contributed by atoms with Crippen LogP contribution in [0.25, 0.3) is 0 Å². The Bertz CT molecular complexity index is 484. The Balaban J connectivity index is 1.83. The number of rotatable bonds is 6. The molecule has 0 aliphatic carbocycles. The van der Waals surface area contributed by atoms with Gasteiger partial charge in [0.1, 0.15) is 0 Å². The first-order chi connectivity index (χ1) is 10.1. The van der Waals surface area contributed by atoms with Gasteiger partial charge >= 0.3 is 0 Å². The van der Waals surface area contributed by atoms with E-state index in [1.165, 1.54) is 22.3 Å². The molecule has 0 saturated carbocycles. The molecule has 0 saturated heterocycles. The van der Waals surface area contributed by atoms with Gasteiger partial charge in [-0.25, -0.2) is 0 Å². The minimum Gasteiger partial charge on any atom is -0.309 e. The van der Waals surface area contributed by atoms with Crippen molar-refractivity contribution in [2.75, 3.05) is 0 Å². The highest BCUT2D eigenvalue weighted by atomic mass is 14.8. The van der Waals surface area contributed by atoms with Crippen molar-refractivity contribution in [2.24, 2.45) is 0 Å². The SMILES string of the molecule is CC(C)c1ccc(CNCc2ccc(C(C)C)cc2)cc1. The van der Waals surface area contributed by atoms with Crippen LogP contribution in [0, 0.1) is 0 Å². The predicted octanol–water partition coefficient (Wildman–Crippen LogP) is 5.22. The predicted molar refractivity (Wildman–Crippen MR) is 91.6 cm³/mol. The van der Waals surface area contributed by atoms with Gasteiger partial charge in [0.2, 0.25) is 0 Å². The molecule has 2 aromatic carbocycles. The summed E-state index contributed by atoms with van der Waals surface area (Å²) in [5.41, 5.74) is 5.50. The summed E-state index contributed by atoms with van der Waals surface area (Å²) in [4.78, 5) is 0. The summed E-state index contributed by atoms with van der Waals surface area (Å²) in [5, 5.41) is 3.52. The molecule has 0 bridgehead atoms. The molecule has 2 rings (SSSR count). The molecule has 1 nitrogen and oxygen atoms in total. The Morgan fingerprint density at radius 1 is 0.619 bits per heavy atom. The van der Waals surface area contributed by atoms with E-state index in [0.29, 0.717) is 11.8 Å². The van der Waals surface area contributed by atoms with E-state index < -0.39 is 0 Å². The van der Waals surface area contributed by atoms with Gasteiger partial charge in [0, 0.05) is 13.1 Å². The summed E-state index contributed by atoms with van der Waals surface area (Å²) in [6, 6.07) is 17.8. The first-order valence-electron chi connectivity index (χ1n) is 7.94. The van der Waals surface area contributed by atoms with E-state index in [1.54, 1.807) is 0 Å². The third-order valence-electron chi connectivity index (χ3n) is 3.95. The second kappa shape index (κ2) is 7.42. The average molecular weight is 281 g/mol. The van der Waals surface area contributed by atoms with Gasteiger partial charge in [0.15, 0.2) is 0 Å². The van der Waals surface area contributed by atoms with Gasteiger partial charge in [-0.2, -0.15) is 0 Å². The van der Waals surface area contributed by atoms with E-state index in [0.717, 1.165) is 13.1 Å². The van der Waals surface area contributed by atoms with Crippen LogP contribution in [0.15, 0.2) is 48.5 Å². The van der Waals surface area contributed by atoms with Crippen LogP contribution in [0.2, 0.25) is 0 Å². The van der Waals surface area contributed by atoms with E-state index in [4.69, 9.17) is 0 Å². The van der Waals surface area contributed by atoms with Crippen LogP contribution in [0.3, 0.4) is 0 Å². The maximum atomic E-state index is 3.52. The Hall–Kier alpha value is -1.60. The van der Waals surface area contributed by atoms with E-state index in [9.17, 15) is 0 Å². The van der Waals surface area contributed by atoms with Gasteiger partial charge in [0.25, 0.3) is 0 Å². The molecule has 112 valence electrons. The molecule has 0 atom stereocenters. The minimum atomic E-state index is 0.603. The number of benzene rings is 2. The zero-order chi connectivity index (χ0) is 15.2. The van der Waals surface area contributed by atoms with Gasteiger partial charge in [-0.1, -0.05) is 76.2 Å². The van der Waals surface area contributed by atoms with Gasteiger partial charge in [-0.15, -0.1) is 0 Å². The molecule has 0 aliphatic heterocycles. The van der Waals surface area contributed by atoms with Crippen molar-refractivity contribution in [1.82, 2.24) is 5.32 Å². The van der Waals surface area contributed by atoms with Crippen LogP contribution >= 0.6 is 0 Å². The summed E-state index contributed by atoms with van der Waals surface area (Å²) in [5.74, 6) is 1.21. The monoisotopic (exact) mass is 281 g/mol.